The number of carbonyl (C=O) groups is 1. The lowest BCUT2D eigenvalue weighted by Crippen LogP contribution is -2.59. The van der Waals surface area contributed by atoms with E-state index in [-0.39, 0.29) is 29.9 Å². The lowest BCUT2D eigenvalue weighted by Gasteiger charge is -2.38. The number of benzene rings is 2. The van der Waals surface area contributed by atoms with Gasteiger partial charge in [0, 0.05) is 44.0 Å². The molecule has 0 bridgehead atoms. The SMILES string of the molecule is Cn1c(-c2ccccc2)c(Cl)c2ccc(S(=O)(=O)NC3CCC(C(=O)N4CCNC(C(F)(F)F)C4)CC3)cc21. The van der Waals surface area contributed by atoms with Crippen LogP contribution in [-0.4, -0.2) is 61.7 Å². The van der Waals surface area contributed by atoms with Gasteiger partial charge in [-0.1, -0.05) is 41.9 Å². The molecule has 1 aromatic heterocycles. The van der Waals surface area contributed by atoms with Gasteiger partial charge in [-0.3, -0.25) is 4.79 Å². The van der Waals surface area contributed by atoms with Crippen LogP contribution in [0.4, 0.5) is 13.2 Å². The summed E-state index contributed by atoms with van der Waals surface area (Å²) in [7, 11) is -2.01. The van der Waals surface area contributed by atoms with Crippen molar-refractivity contribution < 1.29 is 26.4 Å². The number of hydrogen-bond donors (Lipinski definition) is 2. The minimum absolute atomic E-state index is 0.0919. The number of amides is 1. The smallest absolute Gasteiger partial charge is 0.342 e. The largest absolute Gasteiger partial charge is 0.405 e. The molecule has 1 amide bonds. The Balaban J connectivity index is 1.25. The van der Waals surface area contributed by atoms with Crippen LogP contribution >= 0.6 is 11.6 Å². The maximum absolute atomic E-state index is 13.3. The van der Waals surface area contributed by atoms with E-state index in [9.17, 15) is 26.4 Å². The van der Waals surface area contributed by atoms with Crippen LogP contribution in [0.3, 0.4) is 0 Å². The number of nitrogens with zero attached hydrogens (tertiary/aromatic N) is 2. The maximum Gasteiger partial charge on any atom is 0.405 e. The van der Waals surface area contributed by atoms with E-state index >= 15 is 0 Å². The molecule has 2 aliphatic rings. The molecule has 0 radical (unpaired) electrons. The molecule has 3 aromatic rings. The van der Waals surface area contributed by atoms with Crippen molar-refractivity contribution in [3.05, 3.63) is 53.6 Å². The van der Waals surface area contributed by atoms with Crippen molar-refractivity contribution in [3.8, 4) is 11.3 Å². The van der Waals surface area contributed by atoms with E-state index in [2.05, 4.69) is 10.0 Å². The van der Waals surface area contributed by atoms with Crippen LogP contribution in [-0.2, 0) is 21.9 Å². The average molecular weight is 583 g/mol. The number of nitrogens with one attached hydrogen (secondary N) is 2. The van der Waals surface area contributed by atoms with E-state index < -0.39 is 34.7 Å². The lowest BCUT2D eigenvalue weighted by molar-refractivity contribution is -0.169. The predicted molar refractivity (Wildman–Crippen MR) is 144 cm³/mol. The molecule has 2 heterocycles. The average Bonchev–Trinajstić information content (AvgIpc) is 3.17. The highest BCUT2D eigenvalue weighted by Gasteiger charge is 2.43. The summed E-state index contributed by atoms with van der Waals surface area (Å²) >= 11 is 6.67. The highest BCUT2D eigenvalue weighted by atomic mass is 35.5. The van der Waals surface area contributed by atoms with E-state index in [1.54, 1.807) is 12.1 Å². The summed E-state index contributed by atoms with van der Waals surface area (Å²) in [5.41, 5.74) is 2.40. The molecule has 1 saturated carbocycles. The molecule has 1 aliphatic carbocycles. The van der Waals surface area contributed by atoms with Crippen LogP contribution < -0.4 is 10.0 Å². The Morgan fingerprint density at radius 1 is 1.08 bits per heavy atom. The van der Waals surface area contributed by atoms with Gasteiger partial charge in [0.2, 0.25) is 15.9 Å². The van der Waals surface area contributed by atoms with Gasteiger partial charge in [0.05, 0.1) is 21.1 Å². The number of carbonyl (C=O) groups excluding carboxylic acids is 1. The minimum Gasteiger partial charge on any atom is -0.342 e. The summed E-state index contributed by atoms with van der Waals surface area (Å²) in [5, 5.41) is 3.71. The summed E-state index contributed by atoms with van der Waals surface area (Å²) < 4.78 is 70.5. The maximum atomic E-state index is 13.3. The summed E-state index contributed by atoms with van der Waals surface area (Å²) in [4.78, 5) is 14.3. The van der Waals surface area contributed by atoms with Gasteiger partial charge in [-0.15, -0.1) is 0 Å². The molecule has 0 spiro atoms. The van der Waals surface area contributed by atoms with Crippen molar-refractivity contribution in [1.82, 2.24) is 19.5 Å². The number of sulfonamides is 1. The fraction of sp³-hybridized carbons (Fsp3) is 0.444. The Bertz CT molecular complexity index is 1470. The van der Waals surface area contributed by atoms with Crippen LogP contribution in [0.1, 0.15) is 25.7 Å². The number of aryl methyl sites for hydroxylation is 1. The van der Waals surface area contributed by atoms with Crippen LogP contribution in [0.15, 0.2) is 53.4 Å². The van der Waals surface area contributed by atoms with E-state index in [1.165, 1.54) is 11.0 Å². The zero-order chi connectivity index (χ0) is 27.9. The molecule has 1 unspecified atom stereocenters. The molecule has 2 N–H and O–H groups in total. The van der Waals surface area contributed by atoms with Crippen LogP contribution in [0.5, 0.6) is 0 Å². The molecule has 1 saturated heterocycles. The molecular weight excluding hydrogens is 553 g/mol. The second-order valence-electron chi connectivity index (χ2n) is 10.3. The first-order valence-electron chi connectivity index (χ1n) is 12.9. The van der Waals surface area contributed by atoms with Gasteiger partial charge in [-0.2, -0.15) is 13.2 Å². The zero-order valence-corrected chi connectivity index (χ0v) is 22.9. The standard InChI is InChI=1S/C27H30ClF3N4O3S/c1-34-22-15-20(11-12-21(22)24(28)25(34)17-5-3-2-4-6-17)39(37,38)33-19-9-7-18(8-10-19)26(36)35-14-13-32-23(16-35)27(29,30)31/h2-6,11-12,15,18-19,23,32-33H,7-10,13-14,16H2,1H3. The quantitative estimate of drug-likeness (QED) is 0.457. The fourth-order valence-electron chi connectivity index (χ4n) is 5.63. The third-order valence-corrected chi connectivity index (χ3v) is 9.65. The molecule has 7 nitrogen and oxygen atoms in total. The fourth-order valence-corrected chi connectivity index (χ4v) is 7.35. The van der Waals surface area contributed by atoms with E-state index in [0.29, 0.717) is 36.2 Å². The molecule has 2 fully saturated rings. The monoisotopic (exact) mass is 582 g/mol. The predicted octanol–water partition coefficient (Wildman–Crippen LogP) is 4.70. The normalized spacial score (nSPS) is 22.8. The molecule has 5 rings (SSSR count). The van der Waals surface area contributed by atoms with E-state index in [4.69, 9.17) is 11.6 Å². The number of aromatic nitrogens is 1. The lowest BCUT2D eigenvalue weighted by atomic mass is 9.85. The number of rotatable bonds is 5. The molecule has 2 aromatic carbocycles. The van der Waals surface area contributed by atoms with Gasteiger partial charge in [-0.25, -0.2) is 13.1 Å². The van der Waals surface area contributed by atoms with Crippen molar-refractivity contribution in [2.45, 2.75) is 48.8 Å². The first-order chi connectivity index (χ1) is 18.5. The van der Waals surface area contributed by atoms with Gasteiger partial charge >= 0.3 is 6.18 Å². The molecular formula is C27H30ClF3N4O3S. The highest BCUT2D eigenvalue weighted by molar-refractivity contribution is 7.89. The second-order valence-corrected chi connectivity index (χ2v) is 12.4. The molecule has 1 aliphatic heterocycles. The summed E-state index contributed by atoms with van der Waals surface area (Å²) in [6.07, 6.45) is -2.72. The Morgan fingerprint density at radius 2 is 1.77 bits per heavy atom. The number of alkyl halides is 3. The first kappa shape index (κ1) is 27.9. The first-order valence-corrected chi connectivity index (χ1v) is 14.8. The van der Waals surface area contributed by atoms with Gasteiger partial charge in [0.15, 0.2) is 0 Å². The number of piperazine rings is 1. The highest BCUT2D eigenvalue weighted by Crippen LogP contribution is 2.38. The van der Waals surface area contributed by atoms with Crippen molar-refractivity contribution in [3.63, 3.8) is 0 Å². The Kier molecular flexibility index (Phi) is 7.71. The van der Waals surface area contributed by atoms with Crippen molar-refractivity contribution in [2.24, 2.45) is 13.0 Å². The molecule has 1 atom stereocenters. The minimum atomic E-state index is -4.41. The molecule has 12 heteroatoms. The van der Waals surface area contributed by atoms with Gasteiger partial charge < -0.3 is 14.8 Å². The van der Waals surface area contributed by atoms with E-state index in [0.717, 1.165) is 16.6 Å². The van der Waals surface area contributed by atoms with Crippen LogP contribution in [0.2, 0.25) is 5.02 Å². The summed E-state index contributed by atoms with van der Waals surface area (Å²) in [6.45, 7) is -0.0727. The topological polar surface area (TPSA) is 83.4 Å². The Labute approximate surface area is 230 Å². The third-order valence-electron chi connectivity index (χ3n) is 7.75. The summed E-state index contributed by atoms with van der Waals surface area (Å²) in [6, 6.07) is 12.4. The van der Waals surface area contributed by atoms with Crippen molar-refractivity contribution in [1.29, 1.82) is 0 Å². The van der Waals surface area contributed by atoms with Crippen LogP contribution in [0.25, 0.3) is 22.2 Å². The summed E-state index contributed by atoms with van der Waals surface area (Å²) in [5.74, 6) is -0.691. The van der Waals surface area contributed by atoms with Crippen molar-refractivity contribution in [2.75, 3.05) is 19.6 Å². The number of halogens is 4. The second kappa shape index (κ2) is 10.8. The Morgan fingerprint density at radius 3 is 2.44 bits per heavy atom. The number of hydrogen-bond acceptors (Lipinski definition) is 4. The molecule has 39 heavy (non-hydrogen) atoms. The van der Waals surface area contributed by atoms with Gasteiger partial charge in [-0.05, 0) is 49.4 Å². The van der Waals surface area contributed by atoms with Crippen LogP contribution in [0, 0.1) is 5.92 Å². The van der Waals surface area contributed by atoms with Gasteiger partial charge in [0.1, 0.15) is 6.04 Å². The Hall–Kier alpha value is -2.60. The third kappa shape index (κ3) is 5.68. The zero-order valence-electron chi connectivity index (χ0n) is 21.3. The molecule has 210 valence electrons. The van der Waals surface area contributed by atoms with Crippen molar-refractivity contribution >= 4 is 38.4 Å². The van der Waals surface area contributed by atoms with Gasteiger partial charge in [0.25, 0.3) is 0 Å². The van der Waals surface area contributed by atoms with E-state index in [1.807, 2.05) is 41.9 Å². The number of fused-ring (bicyclic) bond motifs is 1.